The fraction of sp³-hybridized carbons (Fsp3) is 0.800. The molecule has 0 fully saturated rings. The Morgan fingerprint density at radius 3 is 2.45 bits per heavy atom. The molecule has 0 aromatic carbocycles. The SMILES string of the molecule is CS(=O)(=O)CCS(=O)CC#N. The molecule has 0 saturated heterocycles. The van der Waals surface area contributed by atoms with Crippen LogP contribution in [0.5, 0.6) is 0 Å². The van der Waals surface area contributed by atoms with Gasteiger partial charge in [-0.05, 0) is 0 Å². The molecule has 0 rings (SSSR count). The monoisotopic (exact) mass is 195 g/mol. The van der Waals surface area contributed by atoms with Crippen LogP contribution in [0.15, 0.2) is 0 Å². The summed E-state index contributed by atoms with van der Waals surface area (Å²) in [5, 5.41) is 8.07. The van der Waals surface area contributed by atoms with Crippen LogP contribution in [-0.4, -0.2) is 36.1 Å². The van der Waals surface area contributed by atoms with Crippen molar-refractivity contribution < 1.29 is 12.6 Å². The van der Waals surface area contributed by atoms with Gasteiger partial charge in [0.05, 0.1) is 11.8 Å². The van der Waals surface area contributed by atoms with Crippen LogP contribution in [0, 0.1) is 11.3 Å². The minimum absolute atomic E-state index is 0.0619. The topological polar surface area (TPSA) is 75.0 Å². The second-order valence-electron chi connectivity index (χ2n) is 2.08. The molecule has 0 amide bonds. The highest BCUT2D eigenvalue weighted by molar-refractivity contribution is 7.92. The lowest BCUT2D eigenvalue weighted by Crippen LogP contribution is -2.12. The van der Waals surface area contributed by atoms with Crippen molar-refractivity contribution in [3.05, 3.63) is 0 Å². The molecule has 11 heavy (non-hydrogen) atoms. The van der Waals surface area contributed by atoms with E-state index in [4.69, 9.17) is 5.26 Å². The normalized spacial score (nSPS) is 13.8. The van der Waals surface area contributed by atoms with Gasteiger partial charge in [-0.25, -0.2) is 8.42 Å². The van der Waals surface area contributed by atoms with E-state index >= 15 is 0 Å². The minimum Gasteiger partial charge on any atom is -0.258 e. The van der Waals surface area contributed by atoms with Crippen molar-refractivity contribution in [3.8, 4) is 6.07 Å². The average molecular weight is 195 g/mol. The van der Waals surface area contributed by atoms with E-state index in [1.54, 1.807) is 6.07 Å². The molecule has 0 radical (unpaired) electrons. The van der Waals surface area contributed by atoms with Crippen molar-refractivity contribution in [1.82, 2.24) is 0 Å². The summed E-state index contributed by atoms with van der Waals surface area (Å²) >= 11 is 0. The van der Waals surface area contributed by atoms with Gasteiger partial charge in [0.2, 0.25) is 0 Å². The van der Waals surface area contributed by atoms with Crippen LogP contribution in [0.25, 0.3) is 0 Å². The number of rotatable bonds is 4. The van der Waals surface area contributed by atoms with Crippen molar-refractivity contribution in [2.45, 2.75) is 0 Å². The van der Waals surface area contributed by atoms with Crippen LogP contribution >= 0.6 is 0 Å². The van der Waals surface area contributed by atoms with Gasteiger partial charge in [-0.3, -0.25) is 4.21 Å². The van der Waals surface area contributed by atoms with E-state index in [1.807, 2.05) is 0 Å². The molecule has 1 unspecified atom stereocenters. The van der Waals surface area contributed by atoms with Gasteiger partial charge in [0, 0.05) is 22.8 Å². The van der Waals surface area contributed by atoms with Crippen molar-refractivity contribution >= 4 is 20.6 Å². The third kappa shape index (κ3) is 7.49. The highest BCUT2D eigenvalue weighted by Crippen LogP contribution is 1.87. The molecule has 0 aliphatic carbocycles. The highest BCUT2D eigenvalue weighted by atomic mass is 32.2. The summed E-state index contributed by atoms with van der Waals surface area (Å²) in [4.78, 5) is 0. The van der Waals surface area contributed by atoms with Crippen molar-refractivity contribution in [2.24, 2.45) is 0 Å². The molecule has 64 valence electrons. The molecule has 0 aliphatic rings. The lowest BCUT2D eigenvalue weighted by molar-refractivity contribution is 0.602. The lowest BCUT2D eigenvalue weighted by Gasteiger charge is -1.94. The molecule has 0 N–H and O–H groups in total. The van der Waals surface area contributed by atoms with Gasteiger partial charge in [-0.15, -0.1) is 0 Å². The van der Waals surface area contributed by atoms with Gasteiger partial charge in [0.15, 0.2) is 0 Å². The molecule has 0 saturated carbocycles. The Bertz CT molecular complexity index is 275. The van der Waals surface area contributed by atoms with Gasteiger partial charge in [0.25, 0.3) is 0 Å². The van der Waals surface area contributed by atoms with Crippen LogP contribution < -0.4 is 0 Å². The second kappa shape index (κ2) is 4.46. The number of nitrogens with zero attached hydrogens (tertiary/aromatic N) is 1. The van der Waals surface area contributed by atoms with Crippen LogP contribution in [0.2, 0.25) is 0 Å². The van der Waals surface area contributed by atoms with E-state index in [-0.39, 0.29) is 17.3 Å². The zero-order chi connectivity index (χ0) is 8.91. The van der Waals surface area contributed by atoms with E-state index in [0.29, 0.717) is 0 Å². The fourth-order valence-electron chi connectivity index (χ4n) is 0.388. The molecular formula is C5H9NO3S2. The van der Waals surface area contributed by atoms with Crippen molar-refractivity contribution in [3.63, 3.8) is 0 Å². The minimum atomic E-state index is -3.04. The first-order valence-electron chi connectivity index (χ1n) is 2.85. The van der Waals surface area contributed by atoms with Gasteiger partial charge >= 0.3 is 0 Å². The zero-order valence-corrected chi connectivity index (χ0v) is 7.74. The third-order valence-corrected chi connectivity index (χ3v) is 3.22. The first-order chi connectivity index (χ1) is 4.95. The van der Waals surface area contributed by atoms with Gasteiger partial charge in [0.1, 0.15) is 15.6 Å². The lowest BCUT2D eigenvalue weighted by atomic mass is 10.9. The Kier molecular flexibility index (Phi) is 4.30. The number of nitriles is 1. The Labute approximate surface area is 68.6 Å². The van der Waals surface area contributed by atoms with E-state index in [0.717, 1.165) is 6.26 Å². The number of sulfone groups is 1. The third-order valence-electron chi connectivity index (χ3n) is 0.907. The molecule has 4 nitrogen and oxygen atoms in total. The molecule has 0 aromatic heterocycles. The average Bonchev–Trinajstić information content (AvgIpc) is 1.83. The quantitative estimate of drug-likeness (QED) is 0.594. The molecule has 0 bridgehead atoms. The van der Waals surface area contributed by atoms with Crippen LogP contribution in [0.1, 0.15) is 0 Å². The number of hydrogen-bond acceptors (Lipinski definition) is 4. The predicted molar refractivity (Wildman–Crippen MR) is 43.2 cm³/mol. The molecular weight excluding hydrogens is 186 g/mol. The second-order valence-corrected chi connectivity index (χ2v) is 5.91. The molecule has 0 spiro atoms. The van der Waals surface area contributed by atoms with Crippen LogP contribution in [0.4, 0.5) is 0 Å². The van der Waals surface area contributed by atoms with Crippen molar-refractivity contribution in [2.75, 3.05) is 23.5 Å². The molecule has 0 aliphatic heterocycles. The van der Waals surface area contributed by atoms with Crippen LogP contribution in [-0.2, 0) is 20.6 Å². The Balaban J connectivity index is 3.75. The first-order valence-corrected chi connectivity index (χ1v) is 6.40. The van der Waals surface area contributed by atoms with Crippen molar-refractivity contribution in [1.29, 1.82) is 5.26 Å². The highest BCUT2D eigenvalue weighted by Gasteiger charge is 2.05. The number of hydrogen-bond donors (Lipinski definition) is 0. The Morgan fingerprint density at radius 2 is 2.09 bits per heavy atom. The maximum Gasteiger partial charge on any atom is 0.148 e. The van der Waals surface area contributed by atoms with E-state index in [9.17, 15) is 12.6 Å². The van der Waals surface area contributed by atoms with E-state index in [1.165, 1.54) is 0 Å². The van der Waals surface area contributed by atoms with Crippen LogP contribution in [0.3, 0.4) is 0 Å². The largest absolute Gasteiger partial charge is 0.258 e. The molecule has 1 atom stereocenters. The maximum absolute atomic E-state index is 10.7. The summed E-state index contributed by atoms with van der Waals surface area (Å²) < 4.78 is 31.8. The molecule has 0 heterocycles. The van der Waals surface area contributed by atoms with E-state index < -0.39 is 20.6 Å². The van der Waals surface area contributed by atoms with Gasteiger partial charge in [-0.1, -0.05) is 0 Å². The summed E-state index contributed by atoms with van der Waals surface area (Å²) in [6.45, 7) is 0. The predicted octanol–water partition coefficient (Wildman–Crippen LogP) is -0.697. The maximum atomic E-state index is 10.7. The fourth-order valence-corrected chi connectivity index (χ4v) is 2.63. The summed E-state index contributed by atoms with van der Waals surface area (Å²) in [5.74, 6) is -0.136. The summed E-state index contributed by atoms with van der Waals surface area (Å²) in [6, 6.07) is 1.71. The smallest absolute Gasteiger partial charge is 0.148 e. The summed E-state index contributed by atoms with van der Waals surface area (Å²) in [6.07, 6.45) is 1.08. The van der Waals surface area contributed by atoms with Gasteiger partial charge < -0.3 is 0 Å². The molecule has 6 heteroatoms. The molecule has 0 aromatic rings. The Hall–Kier alpha value is -0.410. The Morgan fingerprint density at radius 1 is 1.55 bits per heavy atom. The standard InChI is InChI=1S/C5H9NO3S2/c1-11(8,9)5-4-10(7)3-2-6/h3-5H2,1H3. The van der Waals surface area contributed by atoms with Gasteiger partial charge in [-0.2, -0.15) is 5.26 Å². The van der Waals surface area contributed by atoms with E-state index in [2.05, 4.69) is 0 Å². The first kappa shape index (κ1) is 10.6. The summed E-state index contributed by atoms with van der Waals surface area (Å²) in [5.41, 5.74) is 0. The summed E-state index contributed by atoms with van der Waals surface area (Å²) in [7, 11) is -4.35. The zero-order valence-electron chi connectivity index (χ0n) is 6.11.